The van der Waals surface area contributed by atoms with E-state index in [-0.39, 0.29) is 0 Å². The first kappa shape index (κ1) is 11.7. The van der Waals surface area contributed by atoms with Gasteiger partial charge in [0.1, 0.15) is 12.0 Å². The van der Waals surface area contributed by atoms with E-state index in [9.17, 15) is 4.79 Å². The van der Waals surface area contributed by atoms with Crippen LogP contribution in [-0.2, 0) is 4.74 Å². The van der Waals surface area contributed by atoms with Crippen LogP contribution in [0.25, 0.3) is 0 Å². The highest BCUT2D eigenvalue weighted by molar-refractivity contribution is 5.74. The van der Waals surface area contributed by atoms with Crippen LogP contribution >= 0.6 is 0 Å². The van der Waals surface area contributed by atoms with E-state index >= 15 is 0 Å². The van der Waals surface area contributed by atoms with Crippen molar-refractivity contribution >= 4 is 6.29 Å². The van der Waals surface area contributed by atoms with Gasteiger partial charge in [0.05, 0.1) is 6.61 Å². The van der Waals surface area contributed by atoms with Crippen LogP contribution in [0.5, 0.6) is 5.75 Å². The molecule has 3 heteroatoms. The fraction of sp³-hybridized carbons (Fsp3) is 0.417. The van der Waals surface area contributed by atoms with Crippen LogP contribution in [0.4, 0.5) is 0 Å². The molecule has 0 saturated carbocycles. The lowest BCUT2D eigenvalue weighted by Crippen LogP contribution is -2.02. The van der Waals surface area contributed by atoms with Gasteiger partial charge in [-0.05, 0) is 31.2 Å². The van der Waals surface area contributed by atoms with Gasteiger partial charge in [0, 0.05) is 25.2 Å². The lowest BCUT2D eigenvalue weighted by Gasteiger charge is -2.05. The molecule has 0 fully saturated rings. The van der Waals surface area contributed by atoms with Crippen molar-refractivity contribution in [2.75, 3.05) is 19.8 Å². The maximum Gasteiger partial charge on any atom is 0.150 e. The normalized spacial score (nSPS) is 9.93. The summed E-state index contributed by atoms with van der Waals surface area (Å²) in [5.74, 6) is 0.789. The van der Waals surface area contributed by atoms with Crippen LogP contribution in [-0.4, -0.2) is 26.1 Å². The molecular formula is C12H16O3. The SMILES string of the molecule is CCOCCCOc1ccc(C=O)cc1. The Bertz CT molecular complexity index is 279. The Kier molecular flexibility index (Phi) is 5.48. The zero-order chi connectivity index (χ0) is 10.9. The van der Waals surface area contributed by atoms with Crippen molar-refractivity contribution in [2.45, 2.75) is 13.3 Å². The molecule has 1 rings (SSSR count). The second kappa shape index (κ2) is 7.01. The minimum absolute atomic E-state index is 0.639. The summed E-state index contributed by atoms with van der Waals surface area (Å²) >= 11 is 0. The molecule has 1 aromatic rings. The van der Waals surface area contributed by atoms with Crippen LogP contribution in [0.1, 0.15) is 23.7 Å². The molecule has 82 valence electrons. The van der Waals surface area contributed by atoms with Crippen molar-refractivity contribution in [3.8, 4) is 5.75 Å². The third-order valence-electron chi connectivity index (χ3n) is 1.92. The van der Waals surface area contributed by atoms with Gasteiger partial charge in [-0.25, -0.2) is 0 Å². The van der Waals surface area contributed by atoms with Gasteiger partial charge in [-0.2, -0.15) is 0 Å². The van der Waals surface area contributed by atoms with Crippen LogP contribution in [0.2, 0.25) is 0 Å². The summed E-state index contributed by atoms with van der Waals surface area (Å²) in [7, 11) is 0. The molecule has 1 aromatic carbocycles. The van der Waals surface area contributed by atoms with Crippen molar-refractivity contribution < 1.29 is 14.3 Å². The number of aldehydes is 1. The summed E-state index contributed by atoms with van der Waals surface area (Å²) in [4.78, 5) is 10.4. The van der Waals surface area contributed by atoms with Crippen LogP contribution in [0.15, 0.2) is 24.3 Å². The third-order valence-corrected chi connectivity index (χ3v) is 1.92. The van der Waals surface area contributed by atoms with Crippen molar-refractivity contribution in [1.29, 1.82) is 0 Å². The van der Waals surface area contributed by atoms with Crippen molar-refractivity contribution in [2.24, 2.45) is 0 Å². The lowest BCUT2D eigenvalue weighted by atomic mass is 10.2. The summed E-state index contributed by atoms with van der Waals surface area (Å²) in [6.45, 7) is 4.08. The van der Waals surface area contributed by atoms with Crippen molar-refractivity contribution in [3.05, 3.63) is 29.8 Å². The van der Waals surface area contributed by atoms with Gasteiger partial charge in [0.25, 0.3) is 0 Å². The third kappa shape index (κ3) is 4.61. The summed E-state index contributed by atoms with van der Waals surface area (Å²) in [6.07, 6.45) is 1.70. The average molecular weight is 208 g/mol. The summed E-state index contributed by atoms with van der Waals surface area (Å²) < 4.78 is 10.6. The Labute approximate surface area is 90.0 Å². The summed E-state index contributed by atoms with van der Waals surface area (Å²) in [5, 5.41) is 0. The Morgan fingerprint density at radius 3 is 2.53 bits per heavy atom. The van der Waals surface area contributed by atoms with Crippen LogP contribution < -0.4 is 4.74 Å². The molecule has 0 heterocycles. The predicted octanol–water partition coefficient (Wildman–Crippen LogP) is 2.30. The first-order valence-corrected chi connectivity index (χ1v) is 5.12. The topological polar surface area (TPSA) is 35.5 Å². The molecule has 0 aliphatic heterocycles. The van der Waals surface area contributed by atoms with E-state index in [4.69, 9.17) is 9.47 Å². The average Bonchev–Trinajstić information content (AvgIpc) is 2.30. The van der Waals surface area contributed by atoms with E-state index in [0.29, 0.717) is 12.2 Å². The van der Waals surface area contributed by atoms with Crippen molar-refractivity contribution in [3.63, 3.8) is 0 Å². The van der Waals surface area contributed by atoms with Gasteiger partial charge in [-0.1, -0.05) is 0 Å². The molecule has 0 unspecified atom stereocenters. The quantitative estimate of drug-likeness (QED) is 0.509. The van der Waals surface area contributed by atoms with E-state index in [1.165, 1.54) is 0 Å². The van der Waals surface area contributed by atoms with Gasteiger partial charge in [0.15, 0.2) is 0 Å². The number of rotatable bonds is 7. The number of hydrogen-bond acceptors (Lipinski definition) is 3. The van der Waals surface area contributed by atoms with E-state index in [1.54, 1.807) is 24.3 Å². The molecule has 0 aliphatic carbocycles. The molecule has 0 spiro atoms. The second-order valence-corrected chi connectivity index (χ2v) is 3.09. The molecule has 15 heavy (non-hydrogen) atoms. The number of carbonyl (C=O) groups is 1. The standard InChI is InChI=1S/C12H16O3/c1-2-14-8-3-9-15-12-6-4-11(10-13)5-7-12/h4-7,10H,2-3,8-9H2,1H3. The molecule has 0 atom stereocenters. The molecule has 3 nitrogen and oxygen atoms in total. The molecule has 0 aliphatic rings. The predicted molar refractivity (Wildman–Crippen MR) is 58.4 cm³/mol. The van der Waals surface area contributed by atoms with Gasteiger partial charge in [-0.3, -0.25) is 4.79 Å². The zero-order valence-corrected chi connectivity index (χ0v) is 8.94. The maximum absolute atomic E-state index is 10.4. The van der Waals surface area contributed by atoms with Gasteiger partial charge < -0.3 is 9.47 Å². The lowest BCUT2D eigenvalue weighted by molar-refractivity contribution is 0.112. The molecule has 0 N–H and O–H groups in total. The van der Waals surface area contributed by atoms with Gasteiger partial charge in [-0.15, -0.1) is 0 Å². The largest absolute Gasteiger partial charge is 0.494 e. The van der Waals surface area contributed by atoms with Gasteiger partial charge in [0.2, 0.25) is 0 Å². The zero-order valence-electron chi connectivity index (χ0n) is 8.94. The van der Waals surface area contributed by atoms with E-state index < -0.39 is 0 Å². The minimum atomic E-state index is 0.639. The Hall–Kier alpha value is -1.35. The Balaban J connectivity index is 2.22. The molecule has 0 bridgehead atoms. The molecule has 0 radical (unpaired) electrons. The van der Waals surface area contributed by atoms with E-state index in [2.05, 4.69) is 0 Å². The van der Waals surface area contributed by atoms with E-state index in [1.807, 2.05) is 6.92 Å². The fourth-order valence-corrected chi connectivity index (χ4v) is 1.14. The highest BCUT2D eigenvalue weighted by Gasteiger charge is 1.94. The first-order valence-electron chi connectivity index (χ1n) is 5.12. The van der Waals surface area contributed by atoms with Crippen LogP contribution in [0.3, 0.4) is 0 Å². The number of carbonyl (C=O) groups excluding carboxylic acids is 1. The molecular weight excluding hydrogens is 192 g/mol. The number of ether oxygens (including phenoxy) is 2. The maximum atomic E-state index is 10.4. The Morgan fingerprint density at radius 1 is 1.20 bits per heavy atom. The second-order valence-electron chi connectivity index (χ2n) is 3.09. The molecule has 0 aromatic heterocycles. The smallest absolute Gasteiger partial charge is 0.150 e. The summed E-state index contributed by atoms with van der Waals surface area (Å²) in [5.41, 5.74) is 0.664. The highest BCUT2D eigenvalue weighted by atomic mass is 16.5. The highest BCUT2D eigenvalue weighted by Crippen LogP contribution is 2.11. The molecule has 0 amide bonds. The monoisotopic (exact) mass is 208 g/mol. The minimum Gasteiger partial charge on any atom is -0.494 e. The Morgan fingerprint density at radius 2 is 1.93 bits per heavy atom. The summed E-state index contributed by atoms with van der Waals surface area (Å²) in [6, 6.07) is 7.07. The van der Waals surface area contributed by atoms with Crippen LogP contribution in [0, 0.1) is 0 Å². The van der Waals surface area contributed by atoms with E-state index in [0.717, 1.165) is 31.7 Å². The van der Waals surface area contributed by atoms with Crippen molar-refractivity contribution in [1.82, 2.24) is 0 Å². The number of benzene rings is 1. The molecule has 0 saturated heterocycles. The fourth-order valence-electron chi connectivity index (χ4n) is 1.14. The number of hydrogen-bond donors (Lipinski definition) is 0. The first-order chi connectivity index (χ1) is 7.36. The van der Waals surface area contributed by atoms with Gasteiger partial charge >= 0.3 is 0 Å².